The Morgan fingerprint density at radius 2 is 2.25 bits per heavy atom. The molecular weight excluding hydrogens is 211 g/mol. The number of ether oxygens (including phenoxy) is 2. The van der Waals surface area contributed by atoms with E-state index in [1.54, 1.807) is 5.94 Å². The number of rotatable bonds is 4. The van der Waals surface area contributed by atoms with Crippen LogP contribution in [-0.4, -0.2) is 36.8 Å². The molecule has 1 aliphatic carbocycles. The molecule has 0 aromatic heterocycles. The van der Waals surface area contributed by atoms with Crippen LogP contribution >= 0.6 is 0 Å². The van der Waals surface area contributed by atoms with Crippen molar-refractivity contribution in [2.24, 2.45) is 0 Å². The third kappa shape index (κ3) is 2.55. The highest BCUT2D eigenvalue weighted by atomic mass is 16.5. The molecule has 1 rings (SSSR count). The normalized spacial score (nSPS) is 15.5. The van der Waals surface area contributed by atoms with Gasteiger partial charge in [0.1, 0.15) is 11.7 Å². The third-order valence-corrected chi connectivity index (χ3v) is 2.19. The summed E-state index contributed by atoms with van der Waals surface area (Å²) in [5.41, 5.74) is 0.259. The second-order valence-electron chi connectivity index (χ2n) is 3.16. The molecule has 0 heterocycles. The Hall–Kier alpha value is -1.49. The van der Waals surface area contributed by atoms with Crippen molar-refractivity contribution >= 4 is 13.1 Å². The van der Waals surface area contributed by atoms with Crippen molar-refractivity contribution in [1.82, 2.24) is 0 Å². The number of hydrogen-bond acceptors (Lipinski definition) is 5. The minimum Gasteiger partial charge on any atom is -0.494 e. The van der Waals surface area contributed by atoms with Gasteiger partial charge in [0, 0.05) is 17.5 Å². The van der Waals surface area contributed by atoms with E-state index < -0.39 is 7.12 Å². The van der Waals surface area contributed by atoms with Gasteiger partial charge in [0.15, 0.2) is 5.76 Å². The van der Waals surface area contributed by atoms with E-state index in [1.807, 2.05) is 6.92 Å². The van der Waals surface area contributed by atoms with Gasteiger partial charge >= 0.3 is 7.12 Å². The molecule has 0 bridgehead atoms. The summed E-state index contributed by atoms with van der Waals surface area (Å²) in [6.45, 7) is 2.25. The van der Waals surface area contributed by atoms with Gasteiger partial charge in [-0.15, -0.1) is 0 Å². The molecule has 0 fully saturated rings. The molecule has 1 aliphatic rings. The highest BCUT2D eigenvalue weighted by molar-refractivity contribution is 6.52. The molecule has 0 saturated carbocycles. The van der Waals surface area contributed by atoms with Crippen molar-refractivity contribution in [1.29, 1.82) is 0 Å². The predicted molar refractivity (Wildman–Crippen MR) is 57.8 cm³/mol. The molecule has 0 amide bonds. The zero-order valence-corrected chi connectivity index (χ0v) is 9.19. The highest BCUT2D eigenvalue weighted by Gasteiger charge is 2.27. The third-order valence-electron chi connectivity index (χ3n) is 2.19. The molecule has 0 saturated heterocycles. The van der Waals surface area contributed by atoms with Crippen LogP contribution in [0.5, 0.6) is 0 Å². The molecule has 5 nitrogen and oxygen atoms in total. The Morgan fingerprint density at radius 1 is 1.56 bits per heavy atom. The Balaban J connectivity index is 3.14. The first kappa shape index (κ1) is 12.6. The standard InChI is InChI=1S/C10H13BO5/c1-3-16-10-4-7(6-12)8(11(13)14)5-9(10)15-2/h5,13-14H,3-4H2,1-2H3. The lowest BCUT2D eigenvalue weighted by molar-refractivity contribution is 0.187. The summed E-state index contributed by atoms with van der Waals surface area (Å²) in [6, 6.07) is 0. The molecule has 0 spiro atoms. The van der Waals surface area contributed by atoms with Crippen LogP contribution in [0.4, 0.5) is 0 Å². The molecule has 6 heteroatoms. The van der Waals surface area contributed by atoms with Gasteiger partial charge in [-0.3, -0.25) is 0 Å². The van der Waals surface area contributed by atoms with Gasteiger partial charge in [-0.25, -0.2) is 4.79 Å². The first-order chi connectivity index (χ1) is 7.63. The van der Waals surface area contributed by atoms with Crippen molar-refractivity contribution in [3.63, 3.8) is 0 Å². The Kier molecular flexibility index (Phi) is 4.37. The quantitative estimate of drug-likeness (QED) is 0.518. The molecule has 0 aromatic rings. The maximum atomic E-state index is 10.7. The lowest BCUT2D eigenvalue weighted by atomic mass is 9.72. The van der Waals surface area contributed by atoms with Crippen molar-refractivity contribution in [3.05, 3.63) is 28.6 Å². The second-order valence-corrected chi connectivity index (χ2v) is 3.16. The first-order valence-corrected chi connectivity index (χ1v) is 4.86. The van der Waals surface area contributed by atoms with Crippen molar-refractivity contribution < 1.29 is 24.3 Å². The topological polar surface area (TPSA) is 76.0 Å². The van der Waals surface area contributed by atoms with E-state index in [0.717, 1.165) is 0 Å². The molecule has 0 unspecified atom stereocenters. The van der Waals surface area contributed by atoms with Gasteiger partial charge in [0.05, 0.1) is 13.7 Å². The molecular formula is C10H13BO5. The Labute approximate surface area is 93.8 Å². The number of methoxy groups -OCH3 is 1. The lowest BCUT2D eigenvalue weighted by Crippen LogP contribution is -2.21. The molecule has 0 atom stereocenters. The summed E-state index contributed by atoms with van der Waals surface area (Å²) in [6.07, 6.45) is 1.53. The van der Waals surface area contributed by atoms with E-state index in [0.29, 0.717) is 18.1 Å². The second kappa shape index (κ2) is 5.56. The predicted octanol–water partition coefficient (Wildman–Crippen LogP) is -0.0190. The average molecular weight is 224 g/mol. The summed E-state index contributed by atoms with van der Waals surface area (Å²) in [7, 11) is -0.272. The van der Waals surface area contributed by atoms with Crippen molar-refractivity contribution in [2.45, 2.75) is 13.3 Å². The Morgan fingerprint density at radius 3 is 2.69 bits per heavy atom. The minimum atomic E-state index is -1.72. The largest absolute Gasteiger partial charge is 0.494 e. The van der Waals surface area contributed by atoms with Gasteiger partial charge < -0.3 is 19.5 Å². The average Bonchev–Trinajstić information content (AvgIpc) is 2.28. The van der Waals surface area contributed by atoms with Crippen molar-refractivity contribution in [3.8, 4) is 0 Å². The van der Waals surface area contributed by atoms with E-state index in [-0.39, 0.29) is 17.5 Å². The summed E-state index contributed by atoms with van der Waals surface area (Å²) >= 11 is 0. The van der Waals surface area contributed by atoms with E-state index in [4.69, 9.17) is 19.5 Å². The van der Waals surface area contributed by atoms with Gasteiger partial charge in [0.2, 0.25) is 0 Å². The Bertz CT molecular complexity index is 377. The van der Waals surface area contributed by atoms with Crippen molar-refractivity contribution in [2.75, 3.05) is 13.7 Å². The van der Waals surface area contributed by atoms with Gasteiger partial charge in [0.25, 0.3) is 0 Å². The molecule has 0 aromatic carbocycles. The van der Waals surface area contributed by atoms with E-state index in [2.05, 4.69) is 0 Å². The monoisotopic (exact) mass is 224 g/mol. The number of allylic oxidation sites excluding steroid dienone is 3. The van der Waals surface area contributed by atoms with Crippen LogP contribution in [0.1, 0.15) is 13.3 Å². The maximum absolute atomic E-state index is 10.7. The summed E-state index contributed by atoms with van der Waals surface area (Å²) < 4.78 is 10.3. The van der Waals surface area contributed by atoms with Crippen LogP contribution < -0.4 is 0 Å². The molecule has 2 N–H and O–H groups in total. The fraction of sp³-hybridized carbons (Fsp3) is 0.400. The first-order valence-electron chi connectivity index (χ1n) is 4.86. The fourth-order valence-electron chi connectivity index (χ4n) is 1.45. The zero-order valence-electron chi connectivity index (χ0n) is 9.19. The highest BCUT2D eigenvalue weighted by Crippen LogP contribution is 2.28. The number of hydrogen-bond donors (Lipinski definition) is 2. The SMILES string of the molecule is CCOC1=C(OC)C=C(B(O)O)C(=C=O)C1. The molecule has 0 aliphatic heterocycles. The fourth-order valence-corrected chi connectivity index (χ4v) is 1.45. The summed E-state index contributed by atoms with van der Waals surface area (Å²) in [5, 5.41) is 18.2. The minimum absolute atomic E-state index is 0.0929. The van der Waals surface area contributed by atoms with E-state index in [1.165, 1.54) is 13.2 Å². The zero-order chi connectivity index (χ0) is 12.1. The summed E-state index contributed by atoms with van der Waals surface area (Å²) in [4.78, 5) is 10.7. The van der Waals surface area contributed by atoms with Crippen LogP contribution in [-0.2, 0) is 14.3 Å². The van der Waals surface area contributed by atoms with Gasteiger partial charge in [-0.2, -0.15) is 0 Å². The van der Waals surface area contributed by atoms with E-state index in [9.17, 15) is 4.79 Å². The molecule has 16 heavy (non-hydrogen) atoms. The molecule has 0 radical (unpaired) electrons. The maximum Gasteiger partial charge on any atom is 0.489 e. The van der Waals surface area contributed by atoms with Crippen LogP contribution in [0.15, 0.2) is 28.6 Å². The van der Waals surface area contributed by atoms with Crippen LogP contribution in [0.3, 0.4) is 0 Å². The van der Waals surface area contributed by atoms with Crippen LogP contribution in [0.25, 0.3) is 0 Å². The van der Waals surface area contributed by atoms with E-state index >= 15 is 0 Å². The molecule has 86 valence electrons. The smallest absolute Gasteiger partial charge is 0.489 e. The van der Waals surface area contributed by atoms with Crippen LogP contribution in [0, 0.1) is 0 Å². The number of carbonyl (C=O) groups excluding carboxylic acids is 1. The van der Waals surface area contributed by atoms with Crippen LogP contribution in [0.2, 0.25) is 0 Å². The van der Waals surface area contributed by atoms with Gasteiger partial charge in [-0.05, 0) is 13.0 Å². The summed E-state index contributed by atoms with van der Waals surface area (Å²) in [5.74, 6) is 2.56. The lowest BCUT2D eigenvalue weighted by Gasteiger charge is -2.19. The van der Waals surface area contributed by atoms with Gasteiger partial charge in [-0.1, -0.05) is 0 Å².